The molecule has 0 spiro atoms. The summed E-state index contributed by atoms with van der Waals surface area (Å²) >= 11 is 0. The SMILES string of the molecule is Cc1cc(C(=O)O)n[nH]1.Cl. The Morgan fingerprint density at radius 3 is 2.60 bits per heavy atom. The molecule has 2 N–H and O–H groups in total. The molecule has 0 saturated carbocycles. The van der Waals surface area contributed by atoms with Crippen LogP contribution in [0.2, 0.25) is 0 Å². The number of carboxylic acid groups (broad SMARTS) is 1. The molecule has 0 bridgehead atoms. The first-order valence-corrected chi connectivity index (χ1v) is 2.45. The fraction of sp³-hybridized carbons (Fsp3) is 0.200. The maximum atomic E-state index is 10.1. The maximum Gasteiger partial charge on any atom is 0.356 e. The van der Waals surface area contributed by atoms with Crippen LogP contribution in [0.15, 0.2) is 6.07 Å². The molecular weight excluding hydrogens is 156 g/mol. The average Bonchev–Trinajstić information content (AvgIpc) is 2.14. The van der Waals surface area contributed by atoms with Crippen molar-refractivity contribution in [2.75, 3.05) is 0 Å². The topological polar surface area (TPSA) is 66.0 Å². The largest absolute Gasteiger partial charge is 0.476 e. The fourth-order valence-electron chi connectivity index (χ4n) is 0.528. The van der Waals surface area contributed by atoms with Crippen LogP contribution in [-0.2, 0) is 0 Å². The number of rotatable bonds is 1. The van der Waals surface area contributed by atoms with E-state index in [-0.39, 0.29) is 18.1 Å². The lowest BCUT2D eigenvalue weighted by Crippen LogP contribution is -1.95. The van der Waals surface area contributed by atoms with Crippen molar-refractivity contribution in [2.24, 2.45) is 0 Å². The highest BCUT2D eigenvalue weighted by atomic mass is 35.5. The molecule has 0 radical (unpaired) electrons. The number of H-pyrrole nitrogens is 1. The van der Waals surface area contributed by atoms with Crippen molar-refractivity contribution < 1.29 is 9.90 Å². The smallest absolute Gasteiger partial charge is 0.356 e. The Morgan fingerprint density at radius 1 is 1.80 bits per heavy atom. The molecule has 0 atom stereocenters. The minimum atomic E-state index is -1.00. The van der Waals surface area contributed by atoms with Crippen LogP contribution in [0, 0.1) is 6.92 Å². The third kappa shape index (κ3) is 1.73. The molecule has 1 heterocycles. The van der Waals surface area contributed by atoms with Gasteiger partial charge in [0, 0.05) is 5.69 Å². The first kappa shape index (κ1) is 8.97. The van der Waals surface area contributed by atoms with E-state index in [0.29, 0.717) is 0 Å². The minimum Gasteiger partial charge on any atom is -0.476 e. The van der Waals surface area contributed by atoms with E-state index in [1.807, 2.05) is 0 Å². The minimum absolute atomic E-state index is 0. The summed E-state index contributed by atoms with van der Waals surface area (Å²) in [4.78, 5) is 10.1. The van der Waals surface area contributed by atoms with Crippen LogP contribution in [-0.4, -0.2) is 21.3 Å². The highest BCUT2D eigenvalue weighted by molar-refractivity contribution is 5.85. The van der Waals surface area contributed by atoms with Crippen LogP contribution in [0.1, 0.15) is 16.2 Å². The zero-order valence-corrected chi connectivity index (χ0v) is 6.10. The summed E-state index contributed by atoms with van der Waals surface area (Å²) < 4.78 is 0. The second kappa shape index (κ2) is 3.22. The third-order valence-electron chi connectivity index (χ3n) is 0.925. The molecular formula is C5H7ClN2O2. The number of carboxylic acids is 1. The Balaban J connectivity index is 0.000000810. The Labute approximate surface area is 63.7 Å². The van der Waals surface area contributed by atoms with Crippen molar-refractivity contribution >= 4 is 18.4 Å². The second-order valence-electron chi connectivity index (χ2n) is 1.74. The van der Waals surface area contributed by atoms with E-state index in [9.17, 15) is 4.79 Å². The van der Waals surface area contributed by atoms with Gasteiger partial charge in [0.25, 0.3) is 0 Å². The molecule has 0 unspecified atom stereocenters. The number of halogens is 1. The summed E-state index contributed by atoms with van der Waals surface area (Å²) in [5.41, 5.74) is 0.819. The molecule has 0 aliphatic rings. The van der Waals surface area contributed by atoms with Gasteiger partial charge in [-0.1, -0.05) is 0 Å². The van der Waals surface area contributed by atoms with Crippen molar-refractivity contribution in [3.8, 4) is 0 Å². The number of nitrogens with one attached hydrogen (secondary N) is 1. The number of nitrogens with zero attached hydrogens (tertiary/aromatic N) is 1. The zero-order valence-electron chi connectivity index (χ0n) is 5.29. The van der Waals surface area contributed by atoms with E-state index in [0.717, 1.165) is 5.69 Å². The monoisotopic (exact) mass is 162 g/mol. The van der Waals surface area contributed by atoms with Gasteiger partial charge >= 0.3 is 5.97 Å². The quantitative estimate of drug-likeness (QED) is 0.643. The third-order valence-corrected chi connectivity index (χ3v) is 0.925. The van der Waals surface area contributed by atoms with Gasteiger partial charge in [-0.25, -0.2) is 4.79 Å². The summed E-state index contributed by atoms with van der Waals surface area (Å²) in [7, 11) is 0. The number of aromatic amines is 1. The van der Waals surface area contributed by atoms with E-state index >= 15 is 0 Å². The molecule has 1 aromatic rings. The van der Waals surface area contributed by atoms with E-state index in [1.165, 1.54) is 6.07 Å². The first-order chi connectivity index (χ1) is 4.20. The van der Waals surface area contributed by atoms with Crippen molar-refractivity contribution in [3.05, 3.63) is 17.5 Å². The molecule has 0 saturated heterocycles. The molecule has 4 nitrogen and oxygen atoms in total. The lowest BCUT2D eigenvalue weighted by molar-refractivity contribution is 0.0690. The summed E-state index contributed by atoms with van der Waals surface area (Å²) in [6.07, 6.45) is 0. The van der Waals surface area contributed by atoms with Crippen LogP contribution in [0.5, 0.6) is 0 Å². The summed E-state index contributed by atoms with van der Waals surface area (Å²) in [6, 6.07) is 1.47. The molecule has 0 amide bonds. The van der Waals surface area contributed by atoms with Gasteiger partial charge in [-0.2, -0.15) is 5.10 Å². The number of aromatic nitrogens is 2. The van der Waals surface area contributed by atoms with Gasteiger partial charge in [0.1, 0.15) is 0 Å². The lowest BCUT2D eigenvalue weighted by atomic mass is 10.4. The molecule has 0 aliphatic carbocycles. The number of carbonyl (C=O) groups is 1. The summed E-state index contributed by atoms with van der Waals surface area (Å²) in [6.45, 7) is 1.75. The first-order valence-electron chi connectivity index (χ1n) is 2.45. The van der Waals surface area contributed by atoms with E-state index in [4.69, 9.17) is 5.11 Å². The zero-order chi connectivity index (χ0) is 6.85. The van der Waals surface area contributed by atoms with Crippen LogP contribution in [0.4, 0.5) is 0 Å². The summed E-state index contributed by atoms with van der Waals surface area (Å²) in [5, 5.41) is 14.3. The maximum absolute atomic E-state index is 10.1. The van der Waals surface area contributed by atoms with Crippen molar-refractivity contribution in [3.63, 3.8) is 0 Å². The Hall–Kier alpha value is -1.03. The van der Waals surface area contributed by atoms with Gasteiger partial charge < -0.3 is 5.11 Å². The number of aromatic carboxylic acids is 1. The number of aryl methyl sites for hydroxylation is 1. The van der Waals surface area contributed by atoms with Crippen LogP contribution >= 0.6 is 12.4 Å². The molecule has 10 heavy (non-hydrogen) atoms. The normalized spacial score (nSPS) is 8.50. The lowest BCUT2D eigenvalue weighted by Gasteiger charge is -1.77. The van der Waals surface area contributed by atoms with Crippen LogP contribution in [0.3, 0.4) is 0 Å². The van der Waals surface area contributed by atoms with Gasteiger partial charge in [0.05, 0.1) is 0 Å². The van der Waals surface area contributed by atoms with Crippen molar-refractivity contribution in [2.45, 2.75) is 6.92 Å². The summed E-state index contributed by atoms with van der Waals surface area (Å²) in [5.74, 6) is -1.00. The van der Waals surface area contributed by atoms with Gasteiger partial charge in [-0.05, 0) is 13.0 Å². The van der Waals surface area contributed by atoms with Gasteiger partial charge in [-0.15, -0.1) is 12.4 Å². The Bertz CT molecular complexity index is 233. The average molecular weight is 163 g/mol. The van der Waals surface area contributed by atoms with Gasteiger partial charge in [-0.3, -0.25) is 5.10 Å². The molecule has 0 fully saturated rings. The van der Waals surface area contributed by atoms with E-state index in [2.05, 4.69) is 10.2 Å². The molecule has 56 valence electrons. The van der Waals surface area contributed by atoms with Crippen molar-refractivity contribution in [1.29, 1.82) is 0 Å². The highest BCUT2D eigenvalue weighted by Crippen LogP contribution is 1.95. The van der Waals surface area contributed by atoms with E-state index < -0.39 is 5.97 Å². The standard InChI is InChI=1S/C5H6N2O2.ClH/c1-3-2-4(5(8)9)7-6-3;/h2H,1H3,(H,6,7)(H,8,9);1H. The predicted molar refractivity (Wildman–Crippen MR) is 37.5 cm³/mol. The van der Waals surface area contributed by atoms with E-state index in [1.54, 1.807) is 6.92 Å². The molecule has 1 rings (SSSR count). The van der Waals surface area contributed by atoms with Crippen LogP contribution < -0.4 is 0 Å². The fourth-order valence-corrected chi connectivity index (χ4v) is 0.528. The molecule has 0 aliphatic heterocycles. The second-order valence-corrected chi connectivity index (χ2v) is 1.74. The Morgan fingerprint density at radius 2 is 2.40 bits per heavy atom. The van der Waals surface area contributed by atoms with Crippen LogP contribution in [0.25, 0.3) is 0 Å². The molecule has 5 heteroatoms. The molecule has 0 aromatic carbocycles. The predicted octanol–water partition coefficient (Wildman–Crippen LogP) is 0.838. The number of hydrogen-bond donors (Lipinski definition) is 2. The highest BCUT2D eigenvalue weighted by Gasteiger charge is 2.03. The van der Waals surface area contributed by atoms with Gasteiger partial charge in [0.2, 0.25) is 0 Å². The number of hydrogen-bond acceptors (Lipinski definition) is 2. The van der Waals surface area contributed by atoms with Gasteiger partial charge in [0.15, 0.2) is 5.69 Å². The Kier molecular flexibility index (Phi) is 2.89. The molecule has 1 aromatic heterocycles. The van der Waals surface area contributed by atoms with Crippen molar-refractivity contribution in [1.82, 2.24) is 10.2 Å².